The lowest BCUT2D eigenvalue weighted by atomic mass is 10.0. The van der Waals surface area contributed by atoms with Crippen molar-refractivity contribution in [3.63, 3.8) is 0 Å². The lowest BCUT2D eigenvalue weighted by Gasteiger charge is -2.35. The van der Waals surface area contributed by atoms with E-state index in [1.165, 1.54) is 0 Å². The van der Waals surface area contributed by atoms with Gasteiger partial charge in [-0.3, -0.25) is 0 Å². The van der Waals surface area contributed by atoms with Crippen LogP contribution < -0.4 is 16.0 Å². The number of piperidine rings is 1. The van der Waals surface area contributed by atoms with E-state index in [1.54, 1.807) is 4.68 Å². The maximum absolute atomic E-state index is 9.57. The predicted molar refractivity (Wildman–Crippen MR) is 136 cm³/mol. The summed E-state index contributed by atoms with van der Waals surface area (Å²) in [6, 6.07) is 5.96. The molecule has 11 heteroatoms. The fraction of sp³-hybridized carbons (Fsp3) is 0.458. The van der Waals surface area contributed by atoms with Gasteiger partial charge in [-0.1, -0.05) is 6.07 Å². The second-order valence-corrected chi connectivity index (χ2v) is 8.93. The van der Waals surface area contributed by atoms with Gasteiger partial charge in [0.15, 0.2) is 22.8 Å². The Morgan fingerprint density at radius 1 is 1.20 bits per heavy atom. The number of pyridine rings is 1. The average molecular weight is 477 g/mol. The van der Waals surface area contributed by atoms with E-state index in [0.717, 1.165) is 61.2 Å². The van der Waals surface area contributed by atoms with Crippen LogP contribution >= 0.6 is 0 Å². The number of rotatable bonds is 8. The molecule has 1 aliphatic heterocycles. The van der Waals surface area contributed by atoms with Gasteiger partial charge in [-0.2, -0.15) is 19.7 Å². The normalized spacial score (nSPS) is 16.2. The summed E-state index contributed by atoms with van der Waals surface area (Å²) in [5.74, 6) is 2.61. The zero-order valence-corrected chi connectivity index (χ0v) is 20.2. The van der Waals surface area contributed by atoms with E-state index in [-0.39, 0.29) is 12.6 Å². The molecule has 0 radical (unpaired) electrons. The first kappa shape index (κ1) is 23.0. The molecule has 4 N–H and O–H groups in total. The monoisotopic (exact) mass is 476 g/mol. The Morgan fingerprint density at radius 3 is 2.80 bits per heavy atom. The number of nitrogen functional groups attached to an aromatic ring is 1. The van der Waals surface area contributed by atoms with Gasteiger partial charge in [-0.25, -0.2) is 9.97 Å². The van der Waals surface area contributed by atoms with Crippen molar-refractivity contribution < 1.29 is 5.11 Å². The second kappa shape index (κ2) is 9.87. The van der Waals surface area contributed by atoms with Crippen LogP contribution in [0.3, 0.4) is 0 Å². The molecule has 0 aliphatic carbocycles. The number of imidazole rings is 1. The summed E-state index contributed by atoms with van der Waals surface area (Å²) < 4.78 is 3.66. The van der Waals surface area contributed by atoms with Gasteiger partial charge in [0, 0.05) is 44.5 Å². The summed E-state index contributed by atoms with van der Waals surface area (Å²) in [5, 5.41) is 17.4. The van der Waals surface area contributed by atoms with Crippen molar-refractivity contribution in [2.45, 2.75) is 58.7 Å². The van der Waals surface area contributed by atoms with Gasteiger partial charge in [-0.05, 0) is 51.2 Å². The zero-order valence-electron chi connectivity index (χ0n) is 20.2. The molecule has 0 saturated carbocycles. The molecule has 1 aliphatic rings. The molecule has 0 bridgehead atoms. The highest BCUT2D eigenvalue weighted by Gasteiger charge is 2.26. The van der Waals surface area contributed by atoms with Crippen molar-refractivity contribution in [2.24, 2.45) is 0 Å². The van der Waals surface area contributed by atoms with E-state index >= 15 is 0 Å². The van der Waals surface area contributed by atoms with Gasteiger partial charge in [0.25, 0.3) is 0 Å². The van der Waals surface area contributed by atoms with Gasteiger partial charge < -0.3 is 25.6 Å². The third kappa shape index (κ3) is 4.63. The van der Waals surface area contributed by atoms with Crippen molar-refractivity contribution in [1.29, 1.82) is 0 Å². The molecule has 0 spiro atoms. The van der Waals surface area contributed by atoms with Crippen molar-refractivity contribution >= 4 is 28.7 Å². The molecule has 4 aromatic rings. The van der Waals surface area contributed by atoms with E-state index in [0.29, 0.717) is 29.9 Å². The highest BCUT2D eigenvalue weighted by Crippen LogP contribution is 2.28. The van der Waals surface area contributed by atoms with Crippen molar-refractivity contribution in [3.8, 4) is 5.82 Å². The topological polar surface area (TPSA) is 136 Å². The Bertz CT molecular complexity index is 1290. The molecule has 4 aromatic heterocycles. The molecule has 1 saturated heterocycles. The fourth-order valence-corrected chi connectivity index (χ4v) is 4.66. The first-order valence-electron chi connectivity index (χ1n) is 12.2. The van der Waals surface area contributed by atoms with Crippen molar-refractivity contribution in [3.05, 3.63) is 42.0 Å². The summed E-state index contributed by atoms with van der Waals surface area (Å²) in [4.78, 5) is 21.1. The third-order valence-corrected chi connectivity index (χ3v) is 6.48. The number of anilines is 3. The fourth-order valence-electron chi connectivity index (χ4n) is 4.66. The Labute approximate surface area is 204 Å². The number of nitrogens with zero attached hydrogens (tertiary/aromatic N) is 8. The molecule has 11 nitrogen and oxygen atoms in total. The Hall–Kier alpha value is -3.73. The molecule has 5 rings (SSSR count). The maximum Gasteiger partial charge on any atom is 0.229 e. The minimum atomic E-state index is 0.161. The number of hydrogen-bond acceptors (Lipinski definition) is 9. The predicted octanol–water partition coefficient (Wildman–Crippen LogP) is 2.67. The highest BCUT2D eigenvalue weighted by atomic mass is 16.3. The largest absolute Gasteiger partial charge is 0.396 e. The maximum atomic E-state index is 9.57. The molecule has 1 fully saturated rings. The van der Waals surface area contributed by atoms with Gasteiger partial charge in [-0.15, -0.1) is 0 Å². The van der Waals surface area contributed by atoms with Crippen LogP contribution in [0.25, 0.3) is 17.0 Å². The zero-order chi connectivity index (χ0) is 24.4. The van der Waals surface area contributed by atoms with Crippen LogP contribution in [0.5, 0.6) is 0 Å². The Kier molecular flexibility index (Phi) is 6.49. The number of fused-ring (bicyclic) bond motifs is 1. The van der Waals surface area contributed by atoms with Gasteiger partial charge in [0.1, 0.15) is 5.82 Å². The van der Waals surface area contributed by atoms with E-state index in [4.69, 9.17) is 15.7 Å². The van der Waals surface area contributed by atoms with Gasteiger partial charge in [0.05, 0.1) is 12.0 Å². The van der Waals surface area contributed by atoms with Crippen LogP contribution in [-0.4, -0.2) is 58.6 Å². The second-order valence-electron chi connectivity index (χ2n) is 8.93. The minimum absolute atomic E-state index is 0.161. The summed E-state index contributed by atoms with van der Waals surface area (Å²) in [7, 11) is 0. The van der Waals surface area contributed by atoms with Crippen LogP contribution in [0.1, 0.15) is 43.9 Å². The van der Waals surface area contributed by atoms with Gasteiger partial charge in [0.2, 0.25) is 5.95 Å². The molecule has 1 atom stereocenters. The molecular formula is C24H32N10O. The lowest BCUT2D eigenvalue weighted by Crippen LogP contribution is -2.41. The Morgan fingerprint density at radius 2 is 2.09 bits per heavy atom. The highest BCUT2D eigenvalue weighted by molar-refractivity contribution is 5.84. The van der Waals surface area contributed by atoms with E-state index in [2.05, 4.69) is 32.2 Å². The number of nitrogens with two attached hydrogens (primary N) is 1. The number of aromatic nitrogens is 7. The standard InChI is InChI=1S/C24H32N10O/c1-3-32-15-28-21-22(29-24(30-23(21)32)33-10-5-4-6-18(33)9-11-35)27-14-17-7-8-20(26-13-17)34-19(25)12-16(2)31-34/h7-8,12-13,15,18,35H,3-6,9-11,14,25H2,1-2H3,(H,27,29,30)/t18-/m0/s1. The van der Waals surface area contributed by atoms with Crippen LogP contribution in [-0.2, 0) is 13.1 Å². The molecule has 184 valence electrons. The smallest absolute Gasteiger partial charge is 0.229 e. The quantitative estimate of drug-likeness (QED) is 0.350. The number of aryl methyl sites for hydroxylation is 2. The van der Waals surface area contributed by atoms with E-state index < -0.39 is 0 Å². The molecule has 35 heavy (non-hydrogen) atoms. The minimum Gasteiger partial charge on any atom is -0.396 e. The van der Waals surface area contributed by atoms with Crippen LogP contribution in [0.2, 0.25) is 0 Å². The number of aliphatic hydroxyl groups is 1. The molecule has 5 heterocycles. The lowest BCUT2D eigenvalue weighted by molar-refractivity contribution is 0.262. The summed E-state index contributed by atoms with van der Waals surface area (Å²) in [6.45, 7) is 6.33. The Balaban J connectivity index is 1.41. The van der Waals surface area contributed by atoms with Crippen LogP contribution in [0.15, 0.2) is 30.7 Å². The average Bonchev–Trinajstić information content (AvgIpc) is 3.45. The third-order valence-electron chi connectivity index (χ3n) is 6.48. The van der Waals surface area contributed by atoms with Crippen molar-refractivity contribution in [2.75, 3.05) is 29.1 Å². The summed E-state index contributed by atoms with van der Waals surface area (Å²) in [5.41, 5.74) is 9.42. The van der Waals surface area contributed by atoms with Crippen molar-refractivity contribution in [1.82, 2.24) is 34.3 Å². The van der Waals surface area contributed by atoms with Crippen LogP contribution in [0, 0.1) is 6.92 Å². The number of nitrogens with one attached hydrogen (secondary N) is 1. The number of hydrogen-bond donors (Lipinski definition) is 3. The molecule has 0 unspecified atom stereocenters. The van der Waals surface area contributed by atoms with E-state index in [9.17, 15) is 5.11 Å². The first-order chi connectivity index (χ1) is 17.1. The summed E-state index contributed by atoms with van der Waals surface area (Å²) in [6.07, 6.45) is 7.63. The number of aliphatic hydroxyl groups excluding tert-OH is 1. The SMILES string of the molecule is CCn1cnc2c(NCc3ccc(-n4nc(C)cc4N)nc3)nc(N3CCCC[C@H]3CCO)nc21. The molecule has 0 amide bonds. The van der Waals surface area contributed by atoms with E-state index in [1.807, 2.05) is 42.2 Å². The molecule has 0 aromatic carbocycles. The first-order valence-corrected chi connectivity index (χ1v) is 12.2. The van der Waals surface area contributed by atoms with Crippen LogP contribution in [0.4, 0.5) is 17.6 Å². The molecular weight excluding hydrogens is 444 g/mol. The van der Waals surface area contributed by atoms with Gasteiger partial charge >= 0.3 is 0 Å². The summed E-state index contributed by atoms with van der Waals surface area (Å²) >= 11 is 0.